The topological polar surface area (TPSA) is 37.4 Å². The molecule has 18 heavy (non-hydrogen) atoms. The molecule has 0 spiro atoms. The summed E-state index contributed by atoms with van der Waals surface area (Å²) in [6.07, 6.45) is 0. The minimum atomic E-state index is -1.86. The predicted octanol–water partition coefficient (Wildman–Crippen LogP) is 3.17. The number of ketones is 1. The zero-order valence-corrected chi connectivity index (χ0v) is 12.6. The maximum absolute atomic E-state index is 12.1. The maximum Gasteiger partial charge on any atom is 0.291 e. The van der Waals surface area contributed by atoms with Crippen LogP contribution >= 0.6 is 0 Å². The Morgan fingerprint density at radius 3 is 2.22 bits per heavy atom. The van der Waals surface area contributed by atoms with Crippen LogP contribution < -0.4 is 4.57 Å². The van der Waals surface area contributed by atoms with E-state index >= 15 is 0 Å². The second kappa shape index (κ2) is 4.05. The number of hydrogen-bond acceptors (Lipinski definition) is 2. The van der Waals surface area contributed by atoms with Gasteiger partial charge < -0.3 is 4.57 Å². The predicted molar refractivity (Wildman–Crippen MR) is 75.7 cm³/mol. The lowest BCUT2D eigenvalue weighted by Gasteiger charge is -2.29. The lowest BCUT2D eigenvalue weighted by atomic mass is 9.99. The van der Waals surface area contributed by atoms with Crippen LogP contribution in [-0.4, -0.2) is 19.9 Å². The average Bonchev–Trinajstić information content (AvgIpc) is 2.50. The molecule has 1 aliphatic heterocycles. The Balaban J connectivity index is 2.58. The number of carbonyl (C=O) groups is 2. The van der Waals surface area contributed by atoms with Crippen LogP contribution in [0.3, 0.4) is 0 Å². The normalized spacial score (nSPS) is 15.6. The maximum atomic E-state index is 12.1. The van der Waals surface area contributed by atoms with Gasteiger partial charge in [-0.25, -0.2) is 0 Å². The van der Waals surface area contributed by atoms with E-state index in [0.717, 1.165) is 11.3 Å². The van der Waals surface area contributed by atoms with Gasteiger partial charge >= 0.3 is 0 Å². The van der Waals surface area contributed by atoms with Crippen molar-refractivity contribution in [2.24, 2.45) is 0 Å². The Morgan fingerprint density at radius 1 is 1.11 bits per heavy atom. The molecular formula is C14H19NO2Si. The summed E-state index contributed by atoms with van der Waals surface area (Å²) < 4.78 is 1.73. The molecule has 0 bridgehead atoms. The summed E-state index contributed by atoms with van der Waals surface area (Å²) in [4.78, 5) is 24.2. The number of carbonyl (C=O) groups excluding carboxylic acids is 2. The van der Waals surface area contributed by atoms with Crippen LogP contribution in [0.4, 0.5) is 5.69 Å². The van der Waals surface area contributed by atoms with Crippen molar-refractivity contribution in [3.63, 3.8) is 0 Å². The van der Waals surface area contributed by atoms with Gasteiger partial charge in [0, 0.05) is 5.69 Å². The number of Topliss-reactive ketones (excluding diaryl/α,β-unsaturated/α-hetero) is 1. The molecule has 0 radical (unpaired) electrons. The van der Waals surface area contributed by atoms with Crippen LogP contribution in [0, 0.1) is 0 Å². The fourth-order valence-corrected chi connectivity index (χ4v) is 3.91. The third-order valence-corrected chi connectivity index (χ3v) is 5.03. The van der Waals surface area contributed by atoms with Crippen LogP contribution in [0.5, 0.6) is 0 Å². The number of rotatable bonds is 2. The number of anilines is 1. The van der Waals surface area contributed by atoms with E-state index in [9.17, 15) is 9.59 Å². The molecule has 0 aromatic heterocycles. The van der Waals surface area contributed by atoms with E-state index in [1.54, 1.807) is 4.57 Å². The van der Waals surface area contributed by atoms with Gasteiger partial charge in [-0.05, 0) is 23.6 Å². The van der Waals surface area contributed by atoms with Crippen LogP contribution in [-0.2, 0) is 4.79 Å². The van der Waals surface area contributed by atoms with Gasteiger partial charge in [-0.2, -0.15) is 0 Å². The SMILES string of the molecule is CC(C)c1ccc2c(c1)C(=O)C(=O)N2[Si](C)(C)C. The quantitative estimate of drug-likeness (QED) is 0.605. The molecular weight excluding hydrogens is 242 g/mol. The van der Waals surface area contributed by atoms with Gasteiger partial charge in [0.15, 0.2) is 8.24 Å². The van der Waals surface area contributed by atoms with Gasteiger partial charge in [0.1, 0.15) is 0 Å². The number of hydrogen-bond donors (Lipinski definition) is 0. The van der Waals surface area contributed by atoms with Gasteiger partial charge in [0.05, 0.1) is 5.56 Å². The van der Waals surface area contributed by atoms with E-state index in [2.05, 4.69) is 33.5 Å². The van der Waals surface area contributed by atoms with Crippen molar-refractivity contribution >= 4 is 25.6 Å². The molecule has 0 atom stereocenters. The fraction of sp³-hybridized carbons (Fsp3) is 0.429. The lowest BCUT2D eigenvalue weighted by Crippen LogP contribution is -2.49. The van der Waals surface area contributed by atoms with E-state index in [1.165, 1.54) is 0 Å². The highest BCUT2D eigenvalue weighted by Gasteiger charge is 2.42. The minimum Gasteiger partial charge on any atom is -0.333 e. The minimum absolute atomic E-state index is 0.352. The van der Waals surface area contributed by atoms with Crippen LogP contribution in [0.2, 0.25) is 19.6 Å². The number of nitrogens with zero attached hydrogens (tertiary/aromatic N) is 1. The summed E-state index contributed by atoms with van der Waals surface area (Å²) in [5, 5.41) is 0. The Hall–Kier alpha value is -1.42. The summed E-state index contributed by atoms with van der Waals surface area (Å²) >= 11 is 0. The summed E-state index contributed by atoms with van der Waals surface area (Å²) in [6.45, 7) is 10.4. The van der Waals surface area contributed by atoms with Crippen LogP contribution in [0.1, 0.15) is 35.7 Å². The summed E-state index contributed by atoms with van der Waals surface area (Å²) in [5.41, 5.74) is 2.48. The van der Waals surface area contributed by atoms with Crippen molar-refractivity contribution in [3.05, 3.63) is 29.3 Å². The molecule has 3 nitrogen and oxygen atoms in total. The monoisotopic (exact) mass is 261 g/mol. The molecule has 1 heterocycles. The van der Waals surface area contributed by atoms with Crippen molar-refractivity contribution in [2.75, 3.05) is 4.57 Å². The zero-order chi connectivity index (χ0) is 13.7. The number of amides is 1. The fourth-order valence-electron chi connectivity index (χ4n) is 2.28. The first-order valence-corrected chi connectivity index (χ1v) is 9.71. The molecule has 1 amide bonds. The number of fused-ring (bicyclic) bond motifs is 1. The third-order valence-electron chi connectivity index (χ3n) is 3.24. The molecule has 0 saturated carbocycles. The Labute approximate surface area is 109 Å². The molecule has 0 unspecified atom stereocenters. The van der Waals surface area contributed by atoms with Crippen LogP contribution in [0.25, 0.3) is 0 Å². The molecule has 0 aliphatic carbocycles. The highest BCUT2D eigenvalue weighted by atomic mass is 28.3. The molecule has 0 fully saturated rings. The van der Waals surface area contributed by atoms with Crippen LogP contribution in [0.15, 0.2) is 18.2 Å². The molecule has 0 saturated heterocycles. The van der Waals surface area contributed by atoms with Crippen molar-refractivity contribution < 1.29 is 9.59 Å². The zero-order valence-electron chi connectivity index (χ0n) is 11.6. The average molecular weight is 261 g/mol. The summed E-state index contributed by atoms with van der Waals surface area (Å²) in [5.74, 6) is -0.348. The second-order valence-electron chi connectivity index (χ2n) is 6.07. The largest absolute Gasteiger partial charge is 0.333 e. The smallest absolute Gasteiger partial charge is 0.291 e. The highest BCUT2D eigenvalue weighted by molar-refractivity contribution is 6.87. The van der Waals surface area contributed by atoms with Crippen molar-refractivity contribution in [1.29, 1.82) is 0 Å². The standard InChI is InChI=1S/C14H19NO2Si/c1-9(2)10-6-7-12-11(8-10)13(16)14(17)15(12)18(3,4)5/h6-9H,1-5H3. The van der Waals surface area contributed by atoms with E-state index < -0.39 is 8.24 Å². The van der Waals surface area contributed by atoms with E-state index in [4.69, 9.17) is 0 Å². The van der Waals surface area contributed by atoms with E-state index in [0.29, 0.717) is 11.5 Å². The Kier molecular flexibility index (Phi) is 2.93. The summed E-state index contributed by atoms with van der Waals surface area (Å²) in [7, 11) is -1.86. The van der Waals surface area contributed by atoms with Gasteiger partial charge in [-0.15, -0.1) is 0 Å². The first-order valence-electron chi connectivity index (χ1n) is 6.26. The molecule has 4 heteroatoms. The molecule has 2 rings (SSSR count). The molecule has 1 aromatic carbocycles. The highest BCUT2D eigenvalue weighted by Crippen LogP contribution is 2.34. The molecule has 1 aromatic rings. The molecule has 1 aliphatic rings. The second-order valence-corrected chi connectivity index (χ2v) is 10.9. The van der Waals surface area contributed by atoms with Gasteiger partial charge in [-0.3, -0.25) is 9.59 Å². The van der Waals surface area contributed by atoms with Gasteiger partial charge in [-0.1, -0.05) is 39.6 Å². The molecule has 0 N–H and O–H groups in total. The van der Waals surface area contributed by atoms with Crippen molar-refractivity contribution in [3.8, 4) is 0 Å². The molecule has 96 valence electrons. The van der Waals surface area contributed by atoms with E-state index in [1.807, 2.05) is 18.2 Å². The lowest BCUT2D eigenvalue weighted by molar-refractivity contribution is -0.113. The van der Waals surface area contributed by atoms with E-state index in [-0.39, 0.29) is 11.7 Å². The van der Waals surface area contributed by atoms with Gasteiger partial charge in [0.25, 0.3) is 11.7 Å². The first-order chi connectivity index (χ1) is 8.23. The van der Waals surface area contributed by atoms with Crippen molar-refractivity contribution in [2.45, 2.75) is 39.4 Å². The first kappa shape index (κ1) is 13.0. The van der Waals surface area contributed by atoms with Crippen molar-refractivity contribution in [1.82, 2.24) is 0 Å². The third kappa shape index (κ3) is 1.90. The number of benzene rings is 1. The Morgan fingerprint density at radius 2 is 1.72 bits per heavy atom. The van der Waals surface area contributed by atoms with Gasteiger partial charge in [0.2, 0.25) is 0 Å². The summed E-state index contributed by atoms with van der Waals surface area (Å²) in [6, 6.07) is 5.81. The Bertz CT molecular complexity index is 529.